The number of aromatic hydroxyl groups is 1. The predicted molar refractivity (Wildman–Crippen MR) is 102 cm³/mol. The van der Waals surface area contributed by atoms with E-state index in [9.17, 15) is 5.11 Å². The van der Waals surface area contributed by atoms with Gasteiger partial charge in [0.25, 0.3) is 0 Å². The van der Waals surface area contributed by atoms with Gasteiger partial charge < -0.3 is 14.6 Å². The molecule has 0 aliphatic heterocycles. The fourth-order valence-corrected chi connectivity index (χ4v) is 2.99. The highest BCUT2D eigenvalue weighted by molar-refractivity contribution is 6.37. The van der Waals surface area contributed by atoms with Crippen LogP contribution in [0.5, 0.6) is 17.2 Å². The van der Waals surface area contributed by atoms with Gasteiger partial charge in [-0.25, -0.2) is 0 Å². The fourth-order valence-electron chi connectivity index (χ4n) is 2.51. The van der Waals surface area contributed by atoms with Crippen molar-refractivity contribution in [3.8, 4) is 17.2 Å². The molecule has 0 saturated carbocycles. The maximum atomic E-state index is 9.62. The lowest BCUT2D eigenvalue weighted by atomic mass is 10.0. The molecule has 4 nitrogen and oxygen atoms in total. The number of rotatable bonds is 4. The molecule has 0 radical (unpaired) electrons. The summed E-state index contributed by atoms with van der Waals surface area (Å²) in [6.45, 7) is 0. The summed E-state index contributed by atoms with van der Waals surface area (Å²) >= 11 is 11.9. The van der Waals surface area contributed by atoms with Crippen LogP contribution in [0.3, 0.4) is 0 Å². The van der Waals surface area contributed by atoms with E-state index in [-0.39, 0.29) is 15.8 Å². The lowest BCUT2D eigenvalue weighted by molar-refractivity contribution is 0.412. The van der Waals surface area contributed by atoms with E-state index in [4.69, 9.17) is 32.7 Å². The van der Waals surface area contributed by atoms with Gasteiger partial charge in [-0.05, 0) is 47.9 Å². The zero-order valence-corrected chi connectivity index (χ0v) is 15.1. The summed E-state index contributed by atoms with van der Waals surface area (Å²) in [6.07, 6.45) is 1.72. The molecule has 0 fully saturated rings. The molecule has 3 aromatic rings. The summed E-state index contributed by atoms with van der Waals surface area (Å²) < 4.78 is 10.7. The highest BCUT2D eigenvalue weighted by Gasteiger charge is 2.08. The van der Waals surface area contributed by atoms with Gasteiger partial charge in [0, 0.05) is 17.2 Å². The van der Waals surface area contributed by atoms with Crippen LogP contribution < -0.4 is 9.47 Å². The van der Waals surface area contributed by atoms with E-state index >= 15 is 0 Å². The molecule has 0 saturated heterocycles. The molecule has 0 heterocycles. The highest BCUT2D eigenvalue weighted by atomic mass is 35.5. The molecule has 0 spiro atoms. The minimum absolute atomic E-state index is 0.149. The van der Waals surface area contributed by atoms with E-state index in [1.807, 2.05) is 30.3 Å². The second kappa shape index (κ2) is 7.21. The molecular formula is C19H15Cl2NO3. The van der Waals surface area contributed by atoms with Crippen LogP contribution in [-0.4, -0.2) is 25.5 Å². The number of ether oxygens (including phenoxy) is 2. The smallest absolute Gasteiger partial charge is 0.152 e. The fraction of sp³-hybridized carbons (Fsp3) is 0.105. The Morgan fingerprint density at radius 1 is 0.920 bits per heavy atom. The second-order valence-corrected chi connectivity index (χ2v) is 6.10. The third-order valence-electron chi connectivity index (χ3n) is 3.79. The number of hydrogen-bond acceptors (Lipinski definition) is 4. The van der Waals surface area contributed by atoms with Crippen molar-refractivity contribution in [2.45, 2.75) is 0 Å². The first-order valence-corrected chi connectivity index (χ1v) is 8.16. The Morgan fingerprint density at radius 2 is 1.64 bits per heavy atom. The Labute approximate surface area is 155 Å². The number of benzene rings is 3. The Hall–Kier alpha value is -2.43. The zero-order valence-electron chi connectivity index (χ0n) is 13.6. The van der Waals surface area contributed by atoms with Crippen LogP contribution in [-0.2, 0) is 0 Å². The van der Waals surface area contributed by atoms with Gasteiger partial charge in [0.05, 0.1) is 30.0 Å². The van der Waals surface area contributed by atoms with Crippen molar-refractivity contribution < 1.29 is 14.6 Å². The Bertz CT molecular complexity index is 947. The number of fused-ring (bicyclic) bond motifs is 1. The molecule has 3 rings (SSSR count). The minimum atomic E-state index is -0.149. The SMILES string of the molecule is COc1ccc2c(C=Nc3cc(Cl)c(O)c(Cl)c3)ccc(OC)c2c1. The van der Waals surface area contributed by atoms with E-state index in [1.165, 1.54) is 0 Å². The average Bonchev–Trinajstić information content (AvgIpc) is 2.63. The predicted octanol–water partition coefficient (Wildman–Crippen LogP) is 5.62. The molecule has 0 bridgehead atoms. The molecule has 128 valence electrons. The van der Waals surface area contributed by atoms with Crippen molar-refractivity contribution in [1.29, 1.82) is 0 Å². The van der Waals surface area contributed by atoms with Gasteiger partial charge in [0.2, 0.25) is 0 Å². The lowest BCUT2D eigenvalue weighted by Gasteiger charge is -2.10. The second-order valence-electron chi connectivity index (χ2n) is 5.28. The molecule has 0 aliphatic carbocycles. The Kier molecular flexibility index (Phi) is 5.02. The summed E-state index contributed by atoms with van der Waals surface area (Å²) in [5, 5.41) is 11.8. The van der Waals surface area contributed by atoms with Gasteiger partial charge in [-0.3, -0.25) is 4.99 Å². The normalized spacial score (nSPS) is 11.2. The van der Waals surface area contributed by atoms with Gasteiger partial charge in [-0.2, -0.15) is 0 Å². The third kappa shape index (κ3) is 3.50. The monoisotopic (exact) mass is 375 g/mol. The van der Waals surface area contributed by atoms with Crippen molar-refractivity contribution in [2.24, 2.45) is 4.99 Å². The lowest BCUT2D eigenvalue weighted by Crippen LogP contribution is -1.91. The maximum Gasteiger partial charge on any atom is 0.152 e. The molecule has 6 heteroatoms. The highest BCUT2D eigenvalue weighted by Crippen LogP contribution is 2.36. The molecule has 0 aliphatic rings. The van der Waals surface area contributed by atoms with Crippen molar-refractivity contribution in [3.05, 3.63) is 58.1 Å². The number of methoxy groups -OCH3 is 2. The van der Waals surface area contributed by atoms with Crippen molar-refractivity contribution in [2.75, 3.05) is 14.2 Å². The number of nitrogens with zero attached hydrogens (tertiary/aromatic N) is 1. The van der Waals surface area contributed by atoms with E-state index < -0.39 is 0 Å². The van der Waals surface area contributed by atoms with E-state index in [2.05, 4.69) is 4.99 Å². The topological polar surface area (TPSA) is 51.0 Å². The summed E-state index contributed by atoms with van der Waals surface area (Å²) in [4.78, 5) is 4.41. The number of phenols is 1. The molecule has 25 heavy (non-hydrogen) atoms. The quantitative estimate of drug-likeness (QED) is 0.602. The van der Waals surface area contributed by atoms with Gasteiger partial charge in [-0.1, -0.05) is 23.2 Å². The van der Waals surface area contributed by atoms with Crippen molar-refractivity contribution >= 4 is 45.9 Å². The summed E-state index contributed by atoms with van der Waals surface area (Å²) in [6, 6.07) is 12.6. The largest absolute Gasteiger partial charge is 0.505 e. The number of aliphatic imine (C=N–C) groups is 1. The van der Waals surface area contributed by atoms with Crippen LogP contribution >= 0.6 is 23.2 Å². The maximum absolute atomic E-state index is 9.62. The molecular weight excluding hydrogens is 361 g/mol. The summed E-state index contributed by atoms with van der Waals surface area (Å²) in [5.74, 6) is 1.35. The van der Waals surface area contributed by atoms with Crippen LogP contribution in [0.4, 0.5) is 5.69 Å². The van der Waals surface area contributed by atoms with E-state index in [0.29, 0.717) is 5.69 Å². The van der Waals surface area contributed by atoms with E-state index in [1.54, 1.807) is 32.6 Å². The average molecular weight is 376 g/mol. The van der Waals surface area contributed by atoms with Gasteiger partial charge in [0.15, 0.2) is 5.75 Å². The Morgan fingerprint density at radius 3 is 2.28 bits per heavy atom. The molecule has 0 atom stereocenters. The van der Waals surface area contributed by atoms with Gasteiger partial charge in [-0.15, -0.1) is 0 Å². The first-order chi connectivity index (χ1) is 12.0. The standard InChI is InChI=1S/C19H15Cl2NO3/c1-24-13-4-5-14-11(3-6-18(25-2)15(14)9-13)10-22-12-7-16(20)19(23)17(21)8-12/h3-10,23H,1-2H3. The van der Waals surface area contributed by atoms with E-state index in [0.717, 1.165) is 27.8 Å². The molecule has 3 aromatic carbocycles. The summed E-state index contributed by atoms with van der Waals surface area (Å²) in [7, 11) is 3.25. The van der Waals surface area contributed by atoms with Crippen LogP contribution in [0.1, 0.15) is 5.56 Å². The van der Waals surface area contributed by atoms with Crippen LogP contribution in [0.25, 0.3) is 10.8 Å². The minimum Gasteiger partial charge on any atom is -0.505 e. The van der Waals surface area contributed by atoms with Gasteiger partial charge in [0.1, 0.15) is 11.5 Å². The molecule has 0 amide bonds. The van der Waals surface area contributed by atoms with Crippen molar-refractivity contribution in [1.82, 2.24) is 0 Å². The zero-order chi connectivity index (χ0) is 18.0. The third-order valence-corrected chi connectivity index (χ3v) is 4.37. The van der Waals surface area contributed by atoms with Crippen LogP contribution in [0.15, 0.2) is 47.5 Å². The number of halogens is 2. The summed E-state index contributed by atoms with van der Waals surface area (Å²) in [5.41, 5.74) is 1.45. The van der Waals surface area contributed by atoms with Gasteiger partial charge >= 0.3 is 0 Å². The Balaban J connectivity index is 2.07. The number of phenolic OH excluding ortho intramolecular Hbond substituents is 1. The first kappa shape index (κ1) is 17.4. The van der Waals surface area contributed by atoms with Crippen molar-refractivity contribution in [3.63, 3.8) is 0 Å². The first-order valence-electron chi connectivity index (χ1n) is 7.40. The molecule has 0 aromatic heterocycles. The number of hydrogen-bond donors (Lipinski definition) is 1. The molecule has 1 N–H and O–H groups in total. The van der Waals surface area contributed by atoms with Crippen LogP contribution in [0, 0.1) is 0 Å². The molecule has 0 unspecified atom stereocenters. The van der Waals surface area contributed by atoms with Crippen LogP contribution in [0.2, 0.25) is 10.0 Å².